The molecule has 2 atom stereocenters. The minimum absolute atomic E-state index is 0.200. The molecule has 4 aromatic rings. The first-order chi connectivity index (χ1) is 19.3. The molecule has 3 aliphatic rings. The van der Waals surface area contributed by atoms with Gasteiger partial charge in [-0.1, -0.05) is 109 Å². The molecule has 0 N–H and O–H groups in total. The molecule has 0 radical (unpaired) electrons. The van der Waals surface area contributed by atoms with E-state index in [9.17, 15) is 4.79 Å². The summed E-state index contributed by atoms with van der Waals surface area (Å²) >= 11 is 0. The van der Waals surface area contributed by atoms with Gasteiger partial charge in [0, 0.05) is 25.6 Å². The van der Waals surface area contributed by atoms with Crippen LogP contribution in [0, 0.1) is 5.92 Å². The van der Waals surface area contributed by atoms with Gasteiger partial charge in [-0.05, 0) is 71.1 Å². The lowest BCUT2D eigenvalue weighted by molar-refractivity contribution is -0.130. The molecule has 196 valence electrons. The number of piperidine rings is 1. The van der Waals surface area contributed by atoms with Gasteiger partial charge in [0.2, 0.25) is 5.91 Å². The summed E-state index contributed by atoms with van der Waals surface area (Å²) in [5.41, 5.74) is 7.59. The van der Waals surface area contributed by atoms with Crippen molar-refractivity contribution in [3.8, 4) is 11.1 Å². The van der Waals surface area contributed by atoms with Crippen molar-refractivity contribution in [1.29, 1.82) is 0 Å². The Morgan fingerprint density at radius 3 is 1.79 bits per heavy atom. The van der Waals surface area contributed by atoms with Crippen LogP contribution in [-0.2, 0) is 4.79 Å². The van der Waals surface area contributed by atoms with E-state index in [-0.39, 0.29) is 11.8 Å². The second kappa shape index (κ2) is 10.5. The van der Waals surface area contributed by atoms with Crippen LogP contribution in [0.25, 0.3) is 11.1 Å². The van der Waals surface area contributed by atoms with Crippen LogP contribution >= 0.6 is 0 Å². The Bertz CT molecular complexity index is 1400. The normalized spacial score (nSPS) is 21.6. The Labute approximate surface area is 232 Å². The maximum absolute atomic E-state index is 14.3. The smallest absolute Gasteiger partial charge is 0.234 e. The monoisotopic (exact) mass is 512 g/mol. The van der Waals surface area contributed by atoms with Crippen LogP contribution < -0.4 is 0 Å². The fourth-order valence-corrected chi connectivity index (χ4v) is 7.42. The molecule has 0 aromatic heterocycles. The summed E-state index contributed by atoms with van der Waals surface area (Å²) in [6.07, 6.45) is 2.43. The zero-order chi connectivity index (χ0) is 26.2. The number of amides is 1. The topological polar surface area (TPSA) is 23.6 Å². The highest BCUT2D eigenvalue weighted by atomic mass is 16.2. The molecule has 7 rings (SSSR count). The predicted octanol–water partition coefficient (Wildman–Crippen LogP) is 6.92. The molecule has 0 spiro atoms. The van der Waals surface area contributed by atoms with Gasteiger partial charge in [-0.3, -0.25) is 4.79 Å². The summed E-state index contributed by atoms with van der Waals surface area (Å²) in [5, 5.41) is 0. The highest BCUT2D eigenvalue weighted by molar-refractivity contribution is 5.96. The van der Waals surface area contributed by atoms with Crippen molar-refractivity contribution in [2.45, 2.75) is 30.6 Å². The van der Waals surface area contributed by atoms with Crippen molar-refractivity contribution in [3.63, 3.8) is 0 Å². The van der Waals surface area contributed by atoms with Crippen LogP contribution in [0.1, 0.15) is 52.8 Å². The standard InChI is InChI=1S/C36H36N2O/c39-36(35-32-17-9-7-15-30(32)31-16-8-10-18-33(31)35)38-24-29(34(25-38)28-13-5-2-6-14-28)23-37-21-19-27(20-22-37)26-11-3-1-4-12-26/h1-18,27,29,34-35H,19-25H2/t29-,34+/m0/s1. The molecule has 0 saturated carbocycles. The highest BCUT2D eigenvalue weighted by Crippen LogP contribution is 2.46. The fraction of sp³-hybridized carbons (Fsp3) is 0.306. The van der Waals surface area contributed by atoms with E-state index >= 15 is 0 Å². The van der Waals surface area contributed by atoms with E-state index in [1.165, 1.54) is 35.1 Å². The average Bonchev–Trinajstić information content (AvgIpc) is 3.58. The first-order valence-corrected chi connectivity index (χ1v) is 14.6. The van der Waals surface area contributed by atoms with Gasteiger partial charge >= 0.3 is 0 Å². The summed E-state index contributed by atoms with van der Waals surface area (Å²) in [6, 6.07) is 38.8. The molecule has 2 aliphatic heterocycles. The van der Waals surface area contributed by atoms with Gasteiger partial charge in [0.05, 0.1) is 5.92 Å². The SMILES string of the molecule is O=C(C1c2ccccc2-c2ccccc21)N1C[C@H](CN2CCC(c3ccccc3)CC2)[C@@H](c2ccccc2)C1. The molecule has 3 nitrogen and oxygen atoms in total. The quantitative estimate of drug-likeness (QED) is 0.290. The number of carbonyl (C=O) groups is 1. The maximum Gasteiger partial charge on any atom is 0.234 e. The van der Waals surface area contributed by atoms with E-state index in [2.05, 4.69) is 119 Å². The van der Waals surface area contributed by atoms with Crippen molar-refractivity contribution in [3.05, 3.63) is 131 Å². The number of benzene rings is 4. The first kappa shape index (κ1) is 24.4. The van der Waals surface area contributed by atoms with E-state index in [0.717, 1.165) is 43.9 Å². The lowest BCUT2D eigenvalue weighted by Gasteiger charge is -2.35. The lowest BCUT2D eigenvalue weighted by atomic mass is 9.86. The lowest BCUT2D eigenvalue weighted by Crippen LogP contribution is -2.39. The molecule has 2 saturated heterocycles. The third-order valence-corrected chi connectivity index (χ3v) is 9.41. The van der Waals surface area contributed by atoms with Gasteiger partial charge in [0.25, 0.3) is 0 Å². The molecule has 0 bridgehead atoms. The molecular formula is C36H36N2O. The summed E-state index contributed by atoms with van der Waals surface area (Å²) in [5.74, 6) is 1.54. The Kier molecular flexibility index (Phi) is 6.54. The average molecular weight is 513 g/mol. The molecule has 4 aromatic carbocycles. The maximum atomic E-state index is 14.3. The van der Waals surface area contributed by atoms with Crippen molar-refractivity contribution in [1.82, 2.24) is 9.80 Å². The van der Waals surface area contributed by atoms with Crippen molar-refractivity contribution < 1.29 is 4.79 Å². The molecule has 0 unspecified atom stereocenters. The van der Waals surface area contributed by atoms with Crippen LogP contribution in [0.4, 0.5) is 0 Å². The molecule has 2 heterocycles. The number of rotatable bonds is 5. The van der Waals surface area contributed by atoms with Crippen LogP contribution in [0.15, 0.2) is 109 Å². The Balaban J connectivity index is 1.11. The fourth-order valence-electron chi connectivity index (χ4n) is 7.42. The van der Waals surface area contributed by atoms with Crippen molar-refractivity contribution in [2.24, 2.45) is 5.92 Å². The number of hydrogen-bond acceptors (Lipinski definition) is 2. The van der Waals surface area contributed by atoms with Crippen LogP contribution in [0.2, 0.25) is 0 Å². The Hall–Kier alpha value is -3.69. The zero-order valence-corrected chi connectivity index (χ0v) is 22.5. The van der Waals surface area contributed by atoms with Crippen LogP contribution in [0.5, 0.6) is 0 Å². The molecule has 1 aliphatic carbocycles. The van der Waals surface area contributed by atoms with E-state index in [0.29, 0.717) is 17.8 Å². The molecule has 3 heteroatoms. The Morgan fingerprint density at radius 1 is 0.641 bits per heavy atom. The second-order valence-electron chi connectivity index (χ2n) is 11.6. The van der Waals surface area contributed by atoms with E-state index < -0.39 is 0 Å². The number of nitrogens with zero attached hydrogens (tertiary/aromatic N) is 2. The van der Waals surface area contributed by atoms with Crippen LogP contribution in [-0.4, -0.2) is 48.4 Å². The van der Waals surface area contributed by atoms with Gasteiger partial charge in [-0.25, -0.2) is 0 Å². The second-order valence-corrected chi connectivity index (χ2v) is 11.6. The predicted molar refractivity (Wildman–Crippen MR) is 158 cm³/mol. The summed E-state index contributed by atoms with van der Waals surface area (Å²) in [6.45, 7) is 4.96. The molecule has 2 fully saturated rings. The van der Waals surface area contributed by atoms with Crippen molar-refractivity contribution >= 4 is 5.91 Å². The van der Waals surface area contributed by atoms with Gasteiger partial charge in [0.1, 0.15) is 0 Å². The third kappa shape index (κ3) is 4.59. The highest BCUT2D eigenvalue weighted by Gasteiger charge is 2.42. The Morgan fingerprint density at radius 2 is 1.18 bits per heavy atom. The minimum atomic E-state index is -0.200. The number of likely N-dealkylation sites (tertiary alicyclic amines) is 2. The molecule has 1 amide bonds. The van der Waals surface area contributed by atoms with E-state index in [4.69, 9.17) is 0 Å². The number of hydrogen-bond donors (Lipinski definition) is 0. The molecular weight excluding hydrogens is 476 g/mol. The van der Waals surface area contributed by atoms with Gasteiger partial charge in [-0.15, -0.1) is 0 Å². The third-order valence-electron chi connectivity index (χ3n) is 9.41. The zero-order valence-electron chi connectivity index (χ0n) is 22.5. The van der Waals surface area contributed by atoms with Gasteiger partial charge < -0.3 is 9.80 Å². The number of carbonyl (C=O) groups excluding carboxylic acids is 1. The minimum Gasteiger partial charge on any atom is -0.341 e. The largest absolute Gasteiger partial charge is 0.341 e. The van der Waals surface area contributed by atoms with Gasteiger partial charge in [-0.2, -0.15) is 0 Å². The summed E-state index contributed by atoms with van der Waals surface area (Å²) in [7, 11) is 0. The summed E-state index contributed by atoms with van der Waals surface area (Å²) < 4.78 is 0. The van der Waals surface area contributed by atoms with Crippen LogP contribution in [0.3, 0.4) is 0 Å². The first-order valence-electron chi connectivity index (χ1n) is 14.6. The van der Waals surface area contributed by atoms with E-state index in [1.54, 1.807) is 0 Å². The number of fused-ring (bicyclic) bond motifs is 3. The molecule has 39 heavy (non-hydrogen) atoms. The van der Waals surface area contributed by atoms with Crippen molar-refractivity contribution in [2.75, 3.05) is 32.7 Å². The van der Waals surface area contributed by atoms with E-state index in [1.807, 2.05) is 0 Å². The van der Waals surface area contributed by atoms with Gasteiger partial charge in [0.15, 0.2) is 0 Å². The summed E-state index contributed by atoms with van der Waals surface area (Å²) in [4.78, 5) is 19.1.